The van der Waals surface area contributed by atoms with E-state index in [1.54, 1.807) is 19.1 Å². The maximum Gasteiger partial charge on any atom is 0.305 e. The molecular weight excluding hydrogens is 301 g/mol. The number of esters is 1. The molecule has 0 radical (unpaired) electrons. The number of anilines is 1. The maximum atomic E-state index is 11.7. The van der Waals surface area contributed by atoms with Crippen LogP contribution in [0.25, 0.3) is 0 Å². The molecule has 0 saturated carbocycles. The van der Waals surface area contributed by atoms with Gasteiger partial charge in [-0.3, -0.25) is 9.59 Å². The summed E-state index contributed by atoms with van der Waals surface area (Å²) in [5.74, 6) is -0.442. The molecule has 1 heterocycles. The van der Waals surface area contributed by atoms with E-state index in [0.717, 1.165) is 5.56 Å². The third kappa shape index (κ3) is 3.44. The van der Waals surface area contributed by atoms with Gasteiger partial charge in [-0.25, -0.2) is 0 Å². The summed E-state index contributed by atoms with van der Waals surface area (Å²) >= 11 is 12.2. The van der Waals surface area contributed by atoms with Gasteiger partial charge < -0.3 is 10.1 Å². The molecule has 1 aliphatic rings. The van der Waals surface area contributed by atoms with E-state index in [2.05, 4.69) is 5.32 Å². The van der Waals surface area contributed by atoms with Crippen molar-refractivity contribution in [3.63, 3.8) is 0 Å². The lowest BCUT2D eigenvalue weighted by Crippen LogP contribution is -2.24. The smallest absolute Gasteiger partial charge is 0.305 e. The van der Waals surface area contributed by atoms with Crippen molar-refractivity contribution in [3.05, 3.63) is 27.7 Å². The van der Waals surface area contributed by atoms with Crippen molar-refractivity contribution in [2.24, 2.45) is 0 Å². The SMILES string of the molecule is CCOC(=O)CCC1CC(=O)Nc2cc(Cl)cc(Cl)c21. The van der Waals surface area contributed by atoms with E-state index in [1.165, 1.54) is 0 Å². The average molecular weight is 316 g/mol. The quantitative estimate of drug-likeness (QED) is 0.861. The van der Waals surface area contributed by atoms with Crippen molar-refractivity contribution >= 4 is 40.8 Å². The number of hydrogen-bond donors (Lipinski definition) is 1. The van der Waals surface area contributed by atoms with Crippen LogP contribution in [0.15, 0.2) is 12.1 Å². The van der Waals surface area contributed by atoms with Gasteiger partial charge in [-0.05, 0) is 37.0 Å². The molecule has 1 atom stereocenters. The zero-order chi connectivity index (χ0) is 14.7. The predicted octanol–water partition coefficient (Wildman–Crippen LogP) is 3.76. The fraction of sp³-hybridized carbons (Fsp3) is 0.429. The molecule has 6 heteroatoms. The Hall–Kier alpha value is -1.26. The highest BCUT2D eigenvalue weighted by Crippen LogP contribution is 2.41. The molecule has 2 rings (SSSR count). The molecule has 0 saturated heterocycles. The lowest BCUT2D eigenvalue weighted by Gasteiger charge is -2.26. The molecule has 4 nitrogen and oxygen atoms in total. The second kappa shape index (κ2) is 6.46. The molecular formula is C14H15Cl2NO3. The van der Waals surface area contributed by atoms with Crippen LogP contribution in [0.3, 0.4) is 0 Å². The minimum absolute atomic E-state index is 0.0899. The second-order valence-electron chi connectivity index (χ2n) is 4.64. The highest BCUT2D eigenvalue weighted by molar-refractivity contribution is 6.36. The van der Waals surface area contributed by atoms with Crippen molar-refractivity contribution in [3.8, 4) is 0 Å². The minimum atomic E-state index is -0.259. The molecule has 108 valence electrons. The number of fused-ring (bicyclic) bond motifs is 1. The van der Waals surface area contributed by atoms with Crippen LogP contribution in [0.1, 0.15) is 37.7 Å². The fourth-order valence-electron chi connectivity index (χ4n) is 2.40. The first-order valence-electron chi connectivity index (χ1n) is 6.45. The van der Waals surface area contributed by atoms with Crippen molar-refractivity contribution in [1.82, 2.24) is 0 Å². The van der Waals surface area contributed by atoms with Crippen LogP contribution in [-0.4, -0.2) is 18.5 Å². The number of rotatable bonds is 4. The van der Waals surface area contributed by atoms with Crippen molar-refractivity contribution in [2.45, 2.75) is 32.1 Å². The third-order valence-electron chi connectivity index (χ3n) is 3.21. The van der Waals surface area contributed by atoms with Gasteiger partial charge in [0.1, 0.15) is 0 Å². The largest absolute Gasteiger partial charge is 0.466 e. The van der Waals surface area contributed by atoms with Gasteiger partial charge in [0.2, 0.25) is 5.91 Å². The van der Waals surface area contributed by atoms with E-state index in [9.17, 15) is 9.59 Å². The summed E-state index contributed by atoms with van der Waals surface area (Å²) in [6.07, 6.45) is 1.11. The van der Waals surface area contributed by atoms with Gasteiger partial charge in [-0.1, -0.05) is 23.2 Å². The van der Waals surface area contributed by atoms with Gasteiger partial charge in [-0.15, -0.1) is 0 Å². The molecule has 1 aromatic rings. The first kappa shape index (κ1) is 15.1. The number of carbonyl (C=O) groups excluding carboxylic acids is 2. The van der Waals surface area contributed by atoms with E-state index >= 15 is 0 Å². The summed E-state index contributed by atoms with van der Waals surface area (Å²) in [6, 6.07) is 3.33. The standard InChI is InChI=1S/C14H15Cl2NO3/c1-2-20-13(19)4-3-8-5-12(18)17-11-7-9(15)6-10(16)14(8)11/h6-8H,2-5H2,1H3,(H,17,18). The molecule has 1 unspecified atom stereocenters. The van der Waals surface area contributed by atoms with E-state index in [1.807, 2.05) is 0 Å². The second-order valence-corrected chi connectivity index (χ2v) is 5.49. The van der Waals surface area contributed by atoms with Gasteiger partial charge in [0, 0.05) is 28.6 Å². The van der Waals surface area contributed by atoms with E-state index in [4.69, 9.17) is 27.9 Å². The predicted molar refractivity (Wildman–Crippen MR) is 78.3 cm³/mol. The molecule has 0 aromatic heterocycles. The lowest BCUT2D eigenvalue weighted by atomic mass is 9.87. The van der Waals surface area contributed by atoms with Crippen LogP contribution in [0, 0.1) is 0 Å². The van der Waals surface area contributed by atoms with Gasteiger partial charge in [0.05, 0.1) is 6.61 Å². The molecule has 1 aromatic carbocycles. The van der Waals surface area contributed by atoms with E-state index in [0.29, 0.717) is 35.2 Å². The Labute approximate surface area is 127 Å². The number of halogens is 2. The number of nitrogens with one attached hydrogen (secondary N) is 1. The van der Waals surface area contributed by atoms with Crippen LogP contribution < -0.4 is 5.32 Å². The Morgan fingerprint density at radius 2 is 2.20 bits per heavy atom. The van der Waals surface area contributed by atoms with Crippen LogP contribution >= 0.6 is 23.2 Å². The van der Waals surface area contributed by atoms with Crippen molar-refractivity contribution in [1.29, 1.82) is 0 Å². The Bertz CT molecular complexity index is 545. The van der Waals surface area contributed by atoms with Crippen LogP contribution in [0.5, 0.6) is 0 Å². The zero-order valence-electron chi connectivity index (χ0n) is 11.0. The highest BCUT2D eigenvalue weighted by atomic mass is 35.5. The molecule has 0 fully saturated rings. The molecule has 0 bridgehead atoms. The molecule has 20 heavy (non-hydrogen) atoms. The summed E-state index contributed by atoms with van der Waals surface area (Å²) in [5, 5.41) is 3.75. The van der Waals surface area contributed by atoms with Gasteiger partial charge in [0.15, 0.2) is 0 Å². The van der Waals surface area contributed by atoms with Crippen molar-refractivity contribution in [2.75, 3.05) is 11.9 Å². The third-order valence-corrected chi connectivity index (χ3v) is 3.74. The summed E-state index contributed by atoms with van der Waals surface area (Å²) in [4.78, 5) is 23.2. The summed E-state index contributed by atoms with van der Waals surface area (Å²) < 4.78 is 4.90. The topological polar surface area (TPSA) is 55.4 Å². The minimum Gasteiger partial charge on any atom is -0.466 e. The summed E-state index contributed by atoms with van der Waals surface area (Å²) in [5.41, 5.74) is 1.48. The number of carbonyl (C=O) groups is 2. The fourth-order valence-corrected chi connectivity index (χ4v) is 3.05. The van der Waals surface area contributed by atoms with E-state index < -0.39 is 0 Å². The number of benzene rings is 1. The Balaban J connectivity index is 2.19. The summed E-state index contributed by atoms with van der Waals surface area (Å²) in [7, 11) is 0. The lowest BCUT2D eigenvalue weighted by molar-refractivity contribution is -0.143. The summed E-state index contributed by atoms with van der Waals surface area (Å²) in [6.45, 7) is 2.12. The molecule has 1 aliphatic heterocycles. The van der Waals surface area contributed by atoms with Crippen LogP contribution in [0.2, 0.25) is 10.0 Å². The molecule has 0 spiro atoms. The van der Waals surface area contributed by atoms with Gasteiger partial charge in [-0.2, -0.15) is 0 Å². The van der Waals surface area contributed by atoms with Gasteiger partial charge in [0.25, 0.3) is 0 Å². The first-order chi connectivity index (χ1) is 9.51. The zero-order valence-corrected chi connectivity index (χ0v) is 12.6. The van der Waals surface area contributed by atoms with Crippen LogP contribution in [0.4, 0.5) is 5.69 Å². The molecule has 1 N–H and O–H groups in total. The average Bonchev–Trinajstić information content (AvgIpc) is 2.35. The molecule has 1 amide bonds. The Morgan fingerprint density at radius 1 is 1.45 bits per heavy atom. The maximum absolute atomic E-state index is 11.7. The van der Waals surface area contributed by atoms with Crippen LogP contribution in [-0.2, 0) is 14.3 Å². The van der Waals surface area contributed by atoms with E-state index in [-0.39, 0.29) is 24.2 Å². The monoisotopic (exact) mass is 315 g/mol. The van der Waals surface area contributed by atoms with Gasteiger partial charge >= 0.3 is 5.97 Å². The normalized spacial score (nSPS) is 17.4. The number of ether oxygens (including phenoxy) is 1. The molecule has 0 aliphatic carbocycles. The van der Waals surface area contributed by atoms with Crippen molar-refractivity contribution < 1.29 is 14.3 Å². The number of hydrogen-bond acceptors (Lipinski definition) is 3. The Kier molecular flexibility index (Phi) is 4.89. The highest BCUT2D eigenvalue weighted by Gasteiger charge is 2.28. The first-order valence-corrected chi connectivity index (χ1v) is 7.21. The number of amides is 1. The Morgan fingerprint density at radius 3 is 2.90 bits per heavy atom.